The van der Waals surface area contributed by atoms with Gasteiger partial charge in [0.1, 0.15) is 11.9 Å². The number of alkyl carbamates (subject to hydrolysis) is 1. The third kappa shape index (κ3) is 6.53. The normalized spacial score (nSPS) is 38.1. The first-order valence-corrected chi connectivity index (χ1v) is 19.7. The van der Waals surface area contributed by atoms with Crippen molar-refractivity contribution in [3.63, 3.8) is 0 Å². The molecule has 1 aromatic carbocycles. The van der Waals surface area contributed by atoms with Crippen molar-refractivity contribution < 1.29 is 23.8 Å². The number of nitrogens with one attached hydrogen (secondary N) is 1. The van der Waals surface area contributed by atoms with Crippen LogP contribution in [0.1, 0.15) is 128 Å². The lowest BCUT2D eigenvalue weighted by atomic mass is 9.43. The lowest BCUT2D eigenvalue weighted by molar-refractivity contribution is -0.205. The molecule has 8 atom stereocenters. The number of fused-ring (bicyclic) bond motifs is 5. The number of aliphatic hydroxyl groups is 1. The standard InChI is InChI=1S/C42H60N2O6/c1-5-24-44(26-28-6-14-33(48-4)15-7-28)32-12-10-31(11-13-32)43-39(46)50-34-18-21-40(2)30(25-34)9-16-37-36(40)19-22-41(3)35(20-23-42(37,41)47)29-8-17-38(45)49-27-29/h6-8,14-15,17,27,30-32,34-37,47H,5,9-13,16,18-26H2,1-4H3,(H,43,46)/t30-,31?,32?,34+,35-,36+,37-,40+,41-,42+/m1/s1. The Morgan fingerprint density at radius 3 is 2.42 bits per heavy atom. The minimum Gasteiger partial charge on any atom is -0.497 e. The molecule has 274 valence electrons. The molecule has 0 aliphatic heterocycles. The second-order valence-corrected chi connectivity index (χ2v) is 17.1. The molecule has 0 saturated heterocycles. The molecule has 2 N–H and O–H groups in total. The van der Waals surface area contributed by atoms with Crippen molar-refractivity contribution in [1.29, 1.82) is 0 Å². The zero-order valence-corrected chi connectivity index (χ0v) is 30.8. The van der Waals surface area contributed by atoms with Crippen molar-refractivity contribution in [3.8, 4) is 5.75 Å². The maximum absolute atomic E-state index is 13.2. The van der Waals surface area contributed by atoms with Crippen molar-refractivity contribution in [2.45, 2.75) is 147 Å². The molecule has 7 rings (SSSR count). The average molecular weight is 689 g/mol. The number of nitrogens with zero attached hydrogens (tertiary/aromatic N) is 1. The summed E-state index contributed by atoms with van der Waals surface area (Å²) in [5.41, 5.74) is 1.26. The second-order valence-electron chi connectivity index (χ2n) is 17.1. The number of ether oxygens (including phenoxy) is 2. The van der Waals surface area contributed by atoms with E-state index in [0.29, 0.717) is 17.9 Å². The molecule has 1 aromatic heterocycles. The number of benzene rings is 1. The van der Waals surface area contributed by atoms with Gasteiger partial charge in [0.15, 0.2) is 0 Å². The van der Waals surface area contributed by atoms with Gasteiger partial charge in [-0.25, -0.2) is 9.59 Å². The summed E-state index contributed by atoms with van der Waals surface area (Å²) in [4.78, 5) is 27.5. The zero-order valence-electron chi connectivity index (χ0n) is 30.8. The molecular weight excluding hydrogens is 628 g/mol. The highest BCUT2D eigenvalue weighted by Gasteiger charge is 2.67. The molecule has 0 bridgehead atoms. The van der Waals surface area contributed by atoms with Crippen molar-refractivity contribution in [3.05, 3.63) is 64.2 Å². The summed E-state index contributed by atoms with van der Waals surface area (Å²) in [6.45, 7) is 9.04. The van der Waals surface area contributed by atoms with Crippen LogP contribution in [0, 0.1) is 28.6 Å². The highest BCUT2D eigenvalue weighted by atomic mass is 16.6. The van der Waals surface area contributed by atoms with Crippen LogP contribution in [0.3, 0.4) is 0 Å². The highest BCUT2D eigenvalue weighted by molar-refractivity contribution is 5.67. The van der Waals surface area contributed by atoms with E-state index >= 15 is 0 Å². The minimum absolute atomic E-state index is 0.0361. The number of carbonyl (C=O) groups excluding carboxylic acids is 1. The Kier molecular flexibility index (Phi) is 10.2. The molecule has 8 heteroatoms. The van der Waals surface area contributed by atoms with Crippen LogP contribution < -0.4 is 15.7 Å². The van der Waals surface area contributed by atoms with E-state index in [2.05, 4.69) is 43.1 Å². The van der Waals surface area contributed by atoms with Crippen LogP contribution in [0.5, 0.6) is 5.75 Å². The highest BCUT2D eigenvalue weighted by Crippen LogP contribution is 2.70. The maximum atomic E-state index is 13.2. The van der Waals surface area contributed by atoms with Gasteiger partial charge in [0, 0.05) is 30.1 Å². The van der Waals surface area contributed by atoms with E-state index in [1.54, 1.807) is 13.4 Å². The van der Waals surface area contributed by atoms with Gasteiger partial charge in [-0.1, -0.05) is 32.9 Å². The molecule has 2 aromatic rings. The summed E-state index contributed by atoms with van der Waals surface area (Å²) in [7, 11) is 1.70. The Bertz CT molecular complexity index is 1510. The van der Waals surface area contributed by atoms with E-state index in [1.165, 1.54) is 11.6 Å². The lowest BCUT2D eigenvalue weighted by Crippen LogP contribution is -2.62. The number of hydrogen-bond acceptors (Lipinski definition) is 7. The van der Waals surface area contributed by atoms with Gasteiger partial charge < -0.3 is 24.3 Å². The van der Waals surface area contributed by atoms with E-state index < -0.39 is 5.60 Å². The summed E-state index contributed by atoms with van der Waals surface area (Å²) in [6, 6.07) is 12.5. The molecule has 1 amide bonds. The third-order valence-corrected chi connectivity index (χ3v) is 14.8. The number of amides is 1. The fourth-order valence-corrected chi connectivity index (χ4v) is 12.0. The van der Waals surface area contributed by atoms with Crippen LogP contribution in [0.25, 0.3) is 0 Å². The molecule has 0 radical (unpaired) electrons. The largest absolute Gasteiger partial charge is 0.497 e. The molecule has 50 heavy (non-hydrogen) atoms. The van der Waals surface area contributed by atoms with Crippen LogP contribution in [0.15, 0.2) is 51.9 Å². The van der Waals surface area contributed by atoms with E-state index in [9.17, 15) is 14.7 Å². The van der Waals surface area contributed by atoms with Gasteiger partial charge in [0.05, 0.1) is 19.0 Å². The quantitative estimate of drug-likeness (QED) is 0.274. The van der Waals surface area contributed by atoms with Crippen LogP contribution in [-0.2, 0) is 11.3 Å². The summed E-state index contributed by atoms with van der Waals surface area (Å²) in [5.74, 6) is 2.36. The Morgan fingerprint density at radius 2 is 1.72 bits per heavy atom. The Labute approximate surface area is 298 Å². The first kappa shape index (κ1) is 35.6. The van der Waals surface area contributed by atoms with Gasteiger partial charge in [-0.2, -0.15) is 0 Å². The molecule has 5 saturated carbocycles. The third-order valence-electron chi connectivity index (χ3n) is 14.8. The monoisotopic (exact) mass is 688 g/mol. The predicted octanol–water partition coefficient (Wildman–Crippen LogP) is 8.21. The molecule has 5 aliphatic rings. The Balaban J connectivity index is 0.906. The number of rotatable bonds is 9. The molecule has 5 aliphatic carbocycles. The van der Waals surface area contributed by atoms with Gasteiger partial charge >= 0.3 is 11.7 Å². The van der Waals surface area contributed by atoms with Gasteiger partial charge in [0.25, 0.3) is 0 Å². The minimum atomic E-state index is -0.708. The zero-order chi connectivity index (χ0) is 35.1. The smallest absolute Gasteiger partial charge is 0.407 e. The fraction of sp³-hybridized carbons (Fsp3) is 0.714. The topological polar surface area (TPSA) is 101 Å². The van der Waals surface area contributed by atoms with Gasteiger partial charge in [0.2, 0.25) is 0 Å². The van der Waals surface area contributed by atoms with Gasteiger partial charge in [-0.15, -0.1) is 0 Å². The molecule has 0 spiro atoms. The summed E-state index contributed by atoms with van der Waals surface area (Å²) >= 11 is 0. The van der Waals surface area contributed by atoms with Gasteiger partial charge in [-0.05, 0) is 155 Å². The summed E-state index contributed by atoms with van der Waals surface area (Å²) in [6.07, 6.45) is 15.4. The molecule has 1 heterocycles. The van der Waals surface area contributed by atoms with Gasteiger partial charge in [-0.3, -0.25) is 4.90 Å². The van der Waals surface area contributed by atoms with Crippen LogP contribution in [0.2, 0.25) is 0 Å². The lowest BCUT2D eigenvalue weighted by Gasteiger charge is -2.63. The van der Waals surface area contributed by atoms with E-state index in [-0.39, 0.29) is 46.5 Å². The summed E-state index contributed by atoms with van der Waals surface area (Å²) < 4.78 is 16.8. The molecule has 0 unspecified atom stereocenters. The Hall–Kier alpha value is -2.84. The summed E-state index contributed by atoms with van der Waals surface area (Å²) in [5, 5.41) is 15.8. The van der Waals surface area contributed by atoms with Crippen molar-refractivity contribution in [2.24, 2.45) is 28.6 Å². The Morgan fingerprint density at radius 1 is 0.940 bits per heavy atom. The van der Waals surface area contributed by atoms with Crippen LogP contribution in [0.4, 0.5) is 4.79 Å². The maximum Gasteiger partial charge on any atom is 0.407 e. The number of hydrogen-bond donors (Lipinski definition) is 2. The number of carbonyl (C=O) groups is 1. The fourth-order valence-electron chi connectivity index (χ4n) is 12.0. The van der Waals surface area contributed by atoms with E-state index in [1.807, 2.05) is 18.2 Å². The first-order valence-electron chi connectivity index (χ1n) is 19.7. The first-order chi connectivity index (χ1) is 24.1. The second kappa shape index (κ2) is 14.3. The van der Waals surface area contributed by atoms with Crippen molar-refractivity contribution in [1.82, 2.24) is 10.2 Å². The van der Waals surface area contributed by atoms with Crippen LogP contribution in [-0.4, -0.2) is 53.5 Å². The van der Waals surface area contributed by atoms with E-state index in [0.717, 1.165) is 114 Å². The molecular formula is C42H60N2O6. The average Bonchev–Trinajstić information content (AvgIpc) is 3.40. The molecule has 5 fully saturated rings. The van der Waals surface area contributed by atoms with E-state index in [4.69, 9.17) is 13.9 Å². The van der Waals surface area contributed by atoms with Crippen molar-refractivity contribution in [2.75, 3.05) is 13.7 Å². The van der Waals surface area contributed by atoms with Crippen LogP contribution >= 0.6 is 0 Å². The van der Waals surface area contributed by atoms with Crippen molar-refractivity contribution >= 4 is 6.09 Å². The predicted molar refractivity (Wildman–Crippen MR) is 194 cm³/mol. The molecule has 8 nitrogen and oxygen atoms in total. The number of methoxy groups -OCH3 is 1. The SMILES string of the molecule is CCCN(Cc1ccc(OC)cc1)C1CCC(NC(=O)O[C@H]2CC[C@@]3(C)[C@H](CC[C@@H]4[C@@H]3CC[C@]3(C)[C@@H](c5ccc(=O)oc5)CC[C@]43O)C2)CC1.